The Kier molecular flexibility index (Phi) is 22.4. The number of rotatable bonds is 6. The Balaban J connectivity index is 0. The van der Waals surface area contributed by atoms with Crippen LogP contribution in [-0.2, 0) is 0 Å². The van der Waals surface area contributed by atoms with Gasteiger partial charge >= 0.3 is 0 Å². The second-order valence-corrected chi connectivity index (χ2v) is 6.76. The smallest absolute Gasteiger partial charge is 0.00702 e. The molecule has 0 aromatic heterocycles. The van der Waals surface area contributed by atoms with Crippen molar-refractivity contribution in [1.82, 2.24) is 0 Å². The van der Waals surface area contributed by atoms with Gasteiger partial charge in [-0.25, -0.2) is 0 Å². The maximum atomic E-state index is 3.22. The minimum absolute atomic E-state index is 0.956. The first kappa shape index (κ1) is 22.3. The van der Waals surface area contributed by atoms with Crippen molar-refractivity contribution >= 4 is 35.1 Å². The van der Waals surface area contributed by atoms with E-state index >= 15 is 0 Å². The molecule has 1 aliphatic rings. The third-order valence-electron chi connectivity index (χ3n) is 3.72. The lowest BCUT2D eigenvalue weighted by molar-refractivity contribution is 0.385. The highest BCUT2D eigenvalue weighted by atomic mass is 33.1. The standard InChI is InChI=1S/C9H20S.C7H14.H2S2/c1-4-6-9(2)7-5-8-10-3;1-7-5-3-2-4-6-7;1-2/h9H,4-8H2,1-3H3;7H,2-6H2,1H3;1-2H. The van der Waals surface area contributed by atoms with Crippen LogP contribution in [0, 0.1) is 11.8 Å². The van der Waals surface area contributed by atoms with Crippen LogP contribution in [0.5, 0.6) is 0 Å². The molecule has 0 amide bonds. The van der Waals surface area contributed by atoms with Crippen LogP contribution in [0.1, 0.15) is 78.6 Å². The highest BCUT2D eigenvalue weighted by molar-refractivity contribution is 8.59. The molecule has 19 heavy (non-hydrogen) atoms. The molecule has 0 heterocycles. The van der Waals surface area contributed by atoms with E-state index in [0.29, 0.717) is 0 Å². The first-order valence-electron chi connectivity index (χ1n) is 7.89. The fourth-order valence-corrected chi connectivity index (χ4v) is 2.98. The summed E-state index contributed by atoms with van der Waals surface area (Å²) in [6.07, 6.45) is 15.2. The molecule has 0 saturated heterocycles. The second-order valence-electron chi connectivity index (χ2n) is 5.77. The van der Waals surface area contributed by atoms with Crippen LogP contribution >= 0.6 is 35.1 Å². The van der Waals surface area contributed by atoms with Crippen LogP contribution in [0.25, 0.3) is 0 Å². The van der Waals surface area contributed by atoms with Crippen molar-refractivity contribution in [3.63, 3.8) is 0 Å². The summed E-state index contributed by atoms with van der Waals surface area (Å²) in [4.78, 5) is 0. The van der Waals surface area contributed by atoms with Gasteiger partial charge in [0.2, 0.25) is 0 Å². The summed E-state index contributed by atoms with van der Waals surface area (Å²) in [6.45, 7) is 6.99. The largest absolute Gasteiger partial charge is 0.165 e. The maximum Gasteiger partial charge on any atom is -0.00702 e. The molecular formula is C16H36S3. The number of hydrogen-bond acceptors (Lipinski definition) is 3. The van der Waals surface area contributed by atoms with Crippen molar-refractivity contribution in [3.05, 3.63) is 0 Å². The summed E-state index contributed by atoms with van der Waals surface area (Å²) >= 11 is 8.41. The zero-order chi connectivity index (χ0) is 14.9. The summed E-state index contributed by atoms with van der Waals surface area (Å²) in [6, 6.07) is 0. The van der Waals surface area contributed by atoms with Gasteiger partial charge < -0.3 is 0 Å². The molecular weight excluding hydrogens is 288 g/mol. The van der Waals surface area contributed by atoms with Gasteiger partial charge in [0.05, 0.1) is 0 Å². The predicted octanol–water partition coefficient (Wildman–Crippen LogP) is 6.91. The van der Waals surface area contributed by atoms with E-state index in [9.17, 15) is 0 Å². The van der Waals surface area contributed by atoms with Gasteiger partial charge in [-0.3, -0.25) is 0 Å². The SMILES string of the molecule is CC1CCCCC1.CCCC(C)CCCSC.SS. The Hall–Kier alpha value is 1.05. The van der Waals surface area contributed by atoms with Gasteiger partial charge in [0.15, 0.2) is 0 Å². The Labute approximate surface area is 137 Å². The Morgan fingerprint density at radius 1 is 1.11 bits per heavy atom. The molecule has 3 heteroatoms. The third-order valence-corrected chi connectivity index (χ3v) is 4.42. The van der Waals surface area contributed by atoms with E-state index in [4.69, 9.17) is 0 Å². The van der Waals surface area contributed by atoms with E-state index in [-0.39, 0.29) is 0 Å². The lowest BCUT2D eigenvalue weighted by Crippen LogP contribution is -1.99. The van der Waals surface area contributed by atoms with Crippen LogP contribution in [0.2, 0.25) is 0 Å². The van der Waals surface area contributed by atoms with E-state index in [1.807, 2.05) is 11.8 Å². The molecule has 1 unspecified atom stereocenters. The monoisotopic (exact) mass is 324 g/mol. The van der Waals surface area contributed by atoms with Crippen LogP contribution < -0.4 is 0 Å². The molecule has 1 aliphatic carbocycles. The zero-order valence-electron chi connectivity index (χ0n) is 13.5. The minimum Gasteiger partial charge on any atom is -0.165 e. The summed E-state index contributed by atoms with van der Waals surface area (Å²) in [5.74, 6) is 3.33. The average molecular weight is 325 g/mol. The molecule has 118 valence electrons. The van der Waals surface area contributed by atoms with Crippen molar-refractivity contribution in [1.29, 1.82) is 0 Å². The van der Waals surface area contributed by atoms with Crippen molar-refractivity contribution < 1.29 is 0 Å². The fourth-order valence-electron chi connectivity index (χ4n) is 2.52. The summed E-state index contributed by atoms with van der Waals surface area (Å²) in [7, 11) is 0. The molecule has 0 aliphatic heterocycles. The molecule has 1 fully saturated rings. The zero-order valence-corrected chi connectivity index (χ0v) is 16.1. The quantitative estimate of drug-likeness (QED) is 0.304. The van der Waals surface area contributed by atoms with Gasteiger partial charge in [0.25, 0.3) is 0 Å². The van der Waals surface area contributed by atoms with Gasteiger partial charge in [-0.15, -0.1) is 23.3 Å². The molecule has 0 aromatic carbocycles. The molecule has 0 bridgehead atoms. The molecule has 0 N–H and O–H groups in total. The van der Waals surface area contributed by atoms with Gasteiger partial charge in [-0.1, -0.05) is 65.7 Å². The van der Waals surface area contributed by atoms with E-state index in [2.05, 4.69) is 50.3 Å². The van der Waals surface area contributed by atoms with Gasteiger partial charge in [-0.05, 0) is 36.7 Å². The van der Waals surface area contributed by atoms with Gasteiger partial charge in [0.1, 0.15) is 0 Å². The maximum absolute atomic E-state index is 3.22. The molecule has 1 atom stereocenters. The second kappa shape index (κ2) is 19.1. The number of thioether (sulfide) groups is 1. The van der Waals surface area contributed by atoms with Crippen molar-refractivity contribution in [2.45, 2.75) is 78.6 Å². The van der Waals surface area contributed by atoms with Crippen LogP contribution in [0.4, 0.5) is 0 Å². The number of hydrogen-bond donors (Lipinski definition) is 2. The Bertz CT molecular complexity index is 145. The number of thiol groups is 2. The highest BCUT2D eigenvalue weighted by Gasteiger charge is 2.05. The summed E-state index contributed by atoms with van der Waals surface area (Å²) < 4.78 is 0. The Morgan fingerprint density at radius 2 is 1.68 bits per heavy atom. The molecule has 1 rings (SSSR count). The fraction of sp³-hybridized carbons (Fsp3) is 1.00. The van der Waals surface area contributed by atoms with E-state index in [0.717, 1.165) is 11.8 Å². The van der Waals surface area contributed by atoms with Gasteiger partial charge in [0, 0.05) is 0 Å². The van der Waals surface area contributed by atoms with Crippen molar-refractivity contribution in [2.24, 2.45) is 11.8 Å². The summed E-state index contributed by atoms with van der Waals surface area (Å²) in [5, 5.41) is 0. The average Bonchev–Trinajstić information content (AvgIpc) is 2.43. The normalized spacial score (nSPS) is 16.7. The first-order valence-corrected chi connectivity index (χ1v) is 10.9. The van der Waals surface area contributed by atoms with E-state index in [1.54, 1.807) is 0 Å². The topological polar surface area (TPSA) is 0 Å². The van der Waals surface area contributed by atoms with Crippen LogP contribution in [-0.4, -0.2) is 12.0 Å². The van der Waals surface area contributed by atoms with Gasteiger partial charge in [-0.2, -0.15) is 11.8 Å². The van der Waals surface area contributed by atoms with Crippen LogP contribution in [0.3, 0.4) is 0 Å². The highest BCUT2D eigenvalue weighted by Crippen LogP contribution is 2.22. The lowest BCUT2D eigenvalue weighted by Gasteiger charge is -2.15. The minimum atomic E-state index is 0.956. The van der Waals surface area contributed by atoms with Crippen molar-refractivity contribution in [3.8, 4) is 0 Å². The molecule has 1 saturated carbocycles. The molecule has 0 nitrogen and oxygen atoms in total. The van der Waals surface area contributed by atoms with E-state index in [1.165, 1.54) is 63.5 Å². The predicted molar refractivity (Wildman–Crippen MR) is 102 cm³/mol. The van der Waals surface area contributed by atoms with Crippen LogP contribution in [0.15, 0.2) is 0 Å². The van der Waals surface area contributed by atoms with E-state index < -0.39 is 0 Å². The first-order chi connectivity index (χ1) is 9.20. The Morgan fingerprint density at radius 3 is 2.05 bits per heavy atom. The molecule has 0 spiro atoms. The van der Waals surface area contributed by atoms with Crippen molar-refractivity contribution in [2.75, 3.05) is 12.0 Å². The molecule has 0 aromatic rings. The summed E-state index contributed by atoms with van der Waals surface area (Å²) in [5.41, 5.74) is 0. The molecule has 0 radical (unpaired) electrons. The third kappa shape index (κ3) is 19.0. The lowest BCUT2D eigenvalue weighted by atomic mass is 9.91.